The fraction of sp³-hybridized carbons (Fsp3) is 0.500. The number of carbonyl (C=O) groups excluding carboxylic acids is 1. The molecule has 2 fully saturated rings. The first-order chi connectivity index (χ1) is 12.7. The minimum atomic E-state index is -0.393. The SMILES string of the molecule is O=C([C@@H]1CCCO1)N(Cc1cc2ccccc2[nH]c1=O)C[C@H]1CCCO1. The standard InChI is InChI=1S/C20H24N2O4/c23-19-15(11-14-5-1-2-7-17(14)21-19)12-22(13-16-6-3-9-25-16)20(24)18-8-4-10-26-18/h1-2,5,7,11,16,18H,3-4,6,8-10,12-13H2,(H,21,23)/t16-,18+/m1/s1. The summed E-state index contributed by atoms with van der Waals surface area (Å²) in [5, 5.41) is 0.962. The third-order valence-corrected chi connectivity index (χ3v) is 5.16. The van der Waals surface area contributed by atoms with E-state index >= 15 is 0 Å². The highest BCUT2D eigenvalue weighted by molar-refractivity contribution is 5.82. The van der Waals surface area contributed by atoms with Gasteiger partial charge in [-0.25, -0.2) is 0 Å². The minimum absolute atomic E-state index is 0.0365. The zero-order chi connectivity index (χ0) is 17.9. The molecule has 2 saturated heterocycles. The van der Waals surface area contributed by atoms with E-state index in [0.717, 1.165) is 43.2 Å². The Hall–Kier alpha value is -2.18. The van der Waals surface area contributed by atoms with Crippen molar-refractivity contribution in [1.29, 1.82) is 0 Å². The molecular weight excluding hydrogens is 332 g/mol. The summed E-state index contributed by atoms with van der Waals surface area (Å²) in [6, 6.07) is 9.54. The second-order valence-electron chi connectivity index (χ2n) is 7.07. The van der Waals surface area contributed by atoms with Gasteiger partial charge in [-0.3, -0.25) is 9.59 Å². The molecule has 6 nitrogen and oxygen atoms in total. The maximum Gasteiger partial charge on any atom is 0.253 e. The molecule has 2 aliphatic rings. The second kappa shape index (κ2) is 7.60. The Kier molecular flexibility index (Phi) is 5.04. The van der Waals surface area contributed by atoms with Gasteiger partial charge in [-0.2, -0.15) is 0 Å². The fourth-order valence-electron chi connectivity index (χ4n) is 3.76. The van der Waals surface area contributed by atoms with Crippen LogP contribution in [0.15, 0.2) is 35.1 Å². The molecule has 1 aromatic heterocycles. The summed E-state index contributed by atoms with van der Waals surface area (Å²) in [7, 11) is 0. The highest BCUT2D eigenvalue weighted by atomic mass is 16.5. The van der Waals surface area contributed by atoms with E-state index in [1.807, 2.05) is 30.3 Å². The van der Waals surface area contributed by atoms with Gasteiger partial charge in [0.25, 0.3) is 11.5 Å². The molecule has 6 heteroatoms. The number of fused-ring (bicyclic) bond motifs is 1. The molecule has 26 heavy (non-hydrogen) atoms. The maximum absolute atomic E-state index is 12.9. The molecule has 0 radical (unpaired) electrons. The molecule has 138 valence electrons. The van der Waals surface area contributed by atoms with Gasteiger partial charge in [-0.1, -0.05) is 18.2 Å². The van der Waals surface area contributed by atoms with Gasteiger partial charge in [0.05, 0.1) is 12.6 Å². The van der Waals surface area contributed by atoms with E-state index in [1.54, 1.807) is 4.90 Å². The van der Waals surface area contributed by atoms with Crippen LogP contribution >= 0.6 is 0 Å². The molecule has 1 amide bonds. The number of aromatic amines is 1. The zero-order valence-electron chi connectivity index (χ0n) is 14.8. The number of carbonyl (C=O) groups is 1. The Morgan fingerprint density at radius 2 is 1.96 bits per heavy atom. The van der Waals surface area contributed by atoms with Crippen molar-refractivity contribution in [2.24, 2.45) is 0 Å². The molecule has 3 heterocycles. The largest absolute Gasteiger partial charge is 0.376 e. The lowest BCUT2D eigenvalue weighted by Crippen LogP contribution is -2.43. The lowest BCUT2D eigenvalue weighted by atomic mass is 10.1. The number of H-pyrrole nitrogens is 1. The first kappa shape index (κ1) is 17.2. The highest BCUT2D eigenvalue weighted by Gasteiger charge is 2.31. The molecule has 4 rings (SSSR count). The Balaban J connectivity index is 1.59. The highest BCUT2D eigenvalue weighted by Crippen LogP contribution is 2.20. The number of pyridine rings is 1. The van der Waals surface area contributed by atoms with Crippen molar-refractivity contribution in [3.8, 4) is 0 Å². The van der Waals surface area contributed by atoms with E-state index in [4.69, 9.17) is 9.47 Å². The quantitative estimate of drug-likeness (QED) is 0.892. The summed E-state index contributed by atoms with van der Waals surface area (Å²) in [6.07, 6.45) is 3.26. The van der Waals surface area contributed by atoms with E-state index in [1.165, 1.54) is 0 Å². The lowest BCUT2D eigenvalue weighted by molar-refractivity contribution is -0.143. The van der Waals surface area contributed by atoms with Crippen LogP contribution in [0.2, 0.25) is 0 Å². The summed E-state index contributed by atoms with van der Waals surface area (Å²) < 4.78 is 11.3. The van der Waals surface area contributed by atoms with Crippen LogP contribution in [0.4, 0.5) is 0 Å². The number of aromatic nitrogens is 1. The van der Waals surface area contributed by atoms with Crippen LogP contribution in [0.25, 0.3) is 10.9 Å². The van der Waals surface area contributed by atoms with Crippen LogP contribution in [0.3, 0.4) is 0 Å². The van der Waals surface area contributed by atoms with Gasteiger partial charge >= 0.3 is 0 Å². The molecule has 1 N–H and O–H groups in total. The second-order valence-corrected chi connectivity index (χ2v) is 7.07. The number of para-hydroxylation sites is 1. The number of benzene rings is 1. The van der Waals surface area contributed by atoms with Crippen molar-refractivity contribution in [2.45, 2.75) is 44.4 Å². The van der Waals surface area contributed by atoms with Crippen molar-refractivity contribution in [3.63, 3.8) is 0 Å². The summed E-state index contributed by atoms with van der Waals surface area (Å²) >= 11 is 0. The monoisotopic (exact) mass is 356 g/mol. The average molecular weight is 356 g/mol. The van der Waals surface area contributed by atoms with Gasteiger partial charge in [-0.05, 0) is 43.2 Å². The van der Waals surface area contributed by atoms with Crippen molar-refractivity contribution >= 4 is 16.8 Å². The number of ether oxygens (including phenoxy) is 2. The van der Waals surface area contributed by atoms with Gasteiger partial charge in [0, 0.05) is 30.8 Å². The number of rotatable bonds is 5. The van der Waals surface area contributed by atoms with Crippen LogP contribution < -0.4 is 5.56 Å². The third kappa shape index (κ3) is 3.66. The molecular formula is C20H24N2O4. The number of nitrogens with zero attached hydrogens (tertiary/aromatic N) is 1. The van der Waals surface area contributed by atoms with E-state index in [2.05, 4.69) is 4.98 Å². The smallest absolute Gasteiger partial charge is 0.253 e. The minimum Gasteiger partial charge on any atom is -0.376 e. The number of hydrogen-bond acceptors (Lipinski definition) is 4. The van der Waals surface area contributed by atoms with Crippen molar-refractivity contribution in [1.82, 2.24) is 9.88 Å². The number of nitrogens with one attached hydrogen (secondary N) is 1. The van der Waals surface area contributed by atoms with Gasteiger partial charge in [-0.15, -0.1) is 0 Å². The van der Waals surface area contributed by atoms with E-state index in [0.29, 0.717) is 18.7 Å². The zero-order valence-corrected chi connectivity index (χ0v) is 14.8. The molecule has 2 atom stereocenters. The number of hydrogen-bond donors (Lipinski definition) is 1. The van der Waals surface area contributed by atoms with Crippen LogP contribution in [-0.2, 0) is 20.8 Å². The Morgan fingerprint density at radius 3 is 2.73 bits per heavy atom. The van der Waals surface area contributed by atoms with Gasteiger partial charge in [0.1, 0.15) is 6.10 Å². The predicted molar refractivity (Wildman–Crippen MR) is 97.9 cm³/mol. The van der Waals surface area contributed by atoms with Crippen molar-refractivity contribution < 1.29 is 14.3 Å². The predicted octanol–water partition coefficient (Wildman–Crippen LogP) is 2.21. The first-order valence-corrected chi connectivity index (χ1v) is 9.33. The van der Waals surface area contributed by atoms with Crippen molar-refractivity contribution in [3.05, 3.63) is 46.2 Å². The first-order valence-electron chi connectivity index (χ1n) is 9.33. The molecule has 0 aliphatic carbocycles. The summed E-state index contributed by atoms with van der Waals surface area (Å²) in [5.74, 6) is -0.0365. The molecule has 2 aromatic rings. The maximum atomic E-state index is 12.9. The van der Waals surface area contributed by atoms with Gasteiger partial charge in [0.15, 0.2) is 0 Å². The van der Waals surface area contributed by atoms with Gasteiger partial charge < -0.3 is 19.4 Å². The average Bonchev–Trinajstić information content (AvgIpc) is 3.35. The van der Waals surface area contributed by atoms with Gasteiger partial charge in [0.2, 0.25) is 0 Å². The Morgan fingerprint density at radius 1 is 1.15 bits per heavy atom. The summed E-state index contributed by atoms with van der Waals surface area (Å²) in [5.41, 5.74) is 1.24. The summed E-state index contributed by atoms with van der Waals surface area (Å²) in [6.45, 7) is 2.15. The normalized spacial score (nSPS) is 22.8. The Bertz CT molecular complexity index is 835. The number of amides is 1. The Labute approximate surface area is 152 Å². The molecule has 0 bridgehead atoms. The third-order valence-electron chi connectivity index (χ3n) is 5.16. The van der Waals surface area contributed by atoms with Crippen LogP contribution in [0, 0.1) is 0 Å². The summed E-state index contributed by atoms with van der Waals surface area (Å²) in [4.78, 5) is 30.1. The topological polar surface area (TPSA) is 71.6 Å². The molecule has 1 aromatic carbocycles. The fourth-order valence-corrected chi connectivity index (χ4v) is 3.76. The molecule has 0 spiro atoms. The molecule has 0 unspecified atom stereocenters. The van der Waals surface area contributed by atoms with E-state index < -0.39 is 6.10 Å². The van der Waals surface area contributed by atoms with Crippen LogP contribution in [-0.4, -0.2) is 47.8 Å². The lowest BCUT2D eigenvalue weighted by Gasteiger charge is -2.27. The van der Waals surface area contributed by atoms with Crippen molar-refractivity contribution in [2.75, 3.05) is 19.8 Å². The van der Waals surface area contributed by atoms with E-state index in [9.17, 15) is 9.59 Å². The molecule has 0 saturated carbocycles. The van der Waals surface area contributed by atoms with Crippen LogP contribution in [0.5, 0.6) is 0 Å². The van der Waals surface area contributed by atoms with E-state index in [-0.39, 0.29) is 24.1 Å². The van der Waals surface area contributed by atoms with Crippen LogP contribution in [0.1, 0.15) is 31.2 Å². The molecule has 2 aliphatic heterocycles.